The van der Waals surface area contributed by atoms with Gasteiger partial charge in [0.25, 0.3) is 0 Å². The van der Waals surface area contributed by atoms with Gasteiger partial charge in [-0.25, -0.2) is 19.2 Å². The van der Waals surface area contributed by atoms with Gasteiger partial charge in [-0.05, 0) is 65.6 Å². The Balaban J connectivity index is 1.03. The first-order chi connectivity index (χ1) is 20.9. The Bertz CT molecular complexity index is 2080. The second kappa shape index (κ2) is 11.2. The van der Waals surface area contributed by atoms with Crippen LogP contribution >= 0.6 is 11.6 Å². The molecule has 8 nitrogen and oxygen atoms in total. The van der Waals surface area contributed by atoms with Gasteiger partial charge in [-0.3, -0.25) is 4.90 Å². The third-order valence-electron chi connectivity index (χ3n) is 7.92. The molecule has 6 aromatic rings. The van der Waals surface area contributed by atoms with Crippen LogP contribution in [-0.4, -0.2) is 42.5 Å². The average Bonchev–Trinajstić information content (AvgIpc) is 3.54. The van der Waals surface area contributed by atoms with Gasteiger partial charge in [0.15, 0.2) is 0 Å². The van der Waals surface area contributed by atoms with Gasteiger partial charge in [-0.15, -0.1) is 0 Å². The molecule has 216 valence electrons. The van der Waals surface area contributed by atoms with Crippen molar-refractivity contribution in [2.24, 2.45) is 7.05 Å². The van der Waals surface area contributed by atoms with Gasteiger partial charge in [0, 0.05) is 36.8 Å². The van der Waals surface area contributed by atoms with Crippen LogP contribution in [0.1, 0.15) is 23.5 Å². The number of aromatic amines is 2. The van der Waals surface area contributed by atoms with Crippen LogP contribution < -0.4 is 10.4 Å². The lowest BCUT2D eigenvalue weighted by atomic mass is 10.0. The molecule has 0 radical (unpaired) electrons. The van der Waals surface area contributed by atoms with E-state index in [1.807, 2.05) is 30.3 Å². The van der Waals surface area contributed by atoms with Crippen molar-refractivity contribution in [2.75, 3.05) is 13.1 Å². The number of aromatic nitrogens is 5. The minimum atomic E-state index is -0.395. The Morgan fingerprint density at radius 1 is 0.977 bits per heavy atom. The molecule has 3 aromatic heterocycles. The molecule has 0 aliphatic carbocycles. The first kappa shape index (κ1) is 27.1. The van der Waals surface area contributed by atoms with Gasteiger partial charge in [0.1, 0.15) is 18.2 Å². The maximum Gasteiger partial charge on any atom is 0.323 e. The number of benzene rings is 3. The Morgan fingerprint density at radius 2 is 1.81 bits per heavy atom. The number of nitrogens with zero attached hydrogens (tertiary/aromatic N) is 4. The van der Waals surface area contributed by atoms with E-state index in [9.17, 15) is 9.18 Å². The second-order valence-corrected chi connectivity index (χ2v) is 11.2. The number of H-pyrrole nitrogens is 2. The van der Waals surface area contributed by atoms with E-state index in [0.29, 0.717) is 16.5 Å². The summed E-state index contributed by atoms with van der Waals surface area (Å²) in [5.74, 6) is 1.06. The number of hydrogen-bond donors (Lipinski definition) is 2. The fraction of sp³-hybridized carbons (Fsp3) is 0.182. The van der Waals surface area contributed by atoms with Crippen molar-refractivity contribution in [1.29, 1.82) is 0 Å². The number of ether oxygens (including phenoxy) is 1. The van der Waals surface area contributed by atoms with Crippen molar-refractivity contribution in [3.05, 3.63) is 117 Å². The van der Waals surface area contributed by atoms with Crippen molar-refractivity contribution in [3.63, 3.8) is 0 Å². The number of fused-ring (bicyclic) bond motifs is 2. The highest BCUT2D eigenvalue weighted by Gasteiger charge is 2.18. The van der Waals surface area contributed by atoms with E-state index in [4.69, 9.17) is 21.3 Å². The van der Waals surface area contributed by atoms with E-state index in [1.54, 1.807) is 18.2 Å². The molecule has 4 heterocycles. The fourth-order valence-corrected chi connectivity index (χ4v) is 5.68. The molecule has 0 amide bonds. The van der Waals surface area contributed by atoms with Crippen LogP contribution in [0.4, 0.5) is 4.39 Å². The van der Waals surface area contributed by atoms with E-state index in [1.165, 1.54) is 6.07 Å². The summed E-state index contributed by atoms with van der Waals surface area (Å²) in [7, 11) is 2.05. The number of hydrogen-bond acceptors (Lipinski definition) is 5. The molecule has 1 aliphatic heterocycles. The molecule has 0 atom stereocenters. The third kappa shape index (κ3) is 5.57. The molecular weight excluding hydrogens is 567 g/mol. The molecule has 0 fully saturated rings. The fourth-order valence-electron chi connectivity index (χ4n) is 5.52. The summed E-state index contributed by atoms with van der Waals surface area (Å²) in [4.78, 5) is 29.2. The van der Waals surface area contributed by atoms with Crippen LogP contribution in [0.3, 0.4) is 0 Å². The van der Waals surface area contributed by atoms with Crippen molar-refractivity contribution < 1.29 is 9.13 Å². The van der Waals surface area contributed by atoms with E-state index in [2.05, 4.69) is 55.7 Å². The summed E-state index contributed by atoms with van der Waals surface area (Å²) in [5.41, 5.74) is 7.93. The minimum Gasteiger partial charge on any atom is -0.473 e. The van der Waals surface area contributed by atoms with Gasteiger partial charge < -0.3 is 19.3 Å². The number of rotatable bonds is 7. The maximum absolute atomic E-state index is 14.1. The van der Waals surface area contributed by atoms with Crippen LogP contribution in [0, 0.1) is 5.82 Å². The highest BCUT2D eigenvalue weighted by atomic mass is 35.5. The molecule has 0 bridgehead atoms. The Labute approximate surface area is 251 Å². The number of imidazole rings is 2. The Hall–Kier alpha value is -4.73. The largest absolute Gasteiger partial charge is 0.473 e. The van der Waals surface area contributed by atoms with E-state index < -0.39 is 5.82 Å². The van der Waals surface area contributed by atoms with Gasteiger partial charge >= 0.3 is 5.69 Å². The van der Waals surface area contributed by atoms with Crippen LogP contribution in [0.15, 0.2) is 83.7 Å². The molecule has 43 heavy (non-hydrogen) atoms. The van der Waals surface area contributed by atoms with Crippen LogP contribution in [0.25, 0.3) is 38.8 Å². The first-order valence-corrected chi connectivity index (χ1v) is 14.4. The smallest absolute Gasteiger partial charge is 0.323 e. The molecular formula is C33H28ClFN6O2. The predicted molar refractivity (Wildman–Crippen MR) is 166 cm³/mol. The number of pyridine rings is 1. The summed E-state index contributed by atoms with van der Waals surface area (Å²) in [6, 6.07) is 22.4. The topological polar surface area (TPSA) is 91.8 Å². The number of nitrogens with one attached hydrogen (secondary N) is 2. The zero-order valence-electron chi connectivity index (χ0n) is 23.4. The molecule has 0 spiro atoms. The van der Waals surface area contributed by atoms with Gasteiger partial charge in [0.05, 0.1) is 34.3 Å². The normalized spacial score (nSPS) is 14.0. The molecule has 0 unspecified atom stereocenters. The molecule has 0 saturated carbocycles. The van der Waals surface area contributed by atoms with Crippen molar-refractivity contribution in [3.8, 4) is 17.0 Å². The lowest BCUT2D eigenvalue weighted by Gasteiger charge is -2.25. The number of halogens is 2. The maximum atomic E-state index is 14.1. The Morgan fingerprint density at radius 3 is 2.65 bits per heavy atom. The monoisotopic (exact) mass is 594 g/mol. The van der Waals surface area contributed by atoms with Crippen LogP contribution in [0.5, 0.6) is 5.88 Å². The first-order valence-electron chi connectivity index (χ1n) is 14.0. The highest BCUT2D eigenvalue weighted by Crippen LogP contribution is 2.28. The standard InChI is InChI=1S/C33H28ClFN6O2/c1-40-30-16-22(21-6-9-27-29(15-21)39-33(42)38-27)7-10-28(30)36-31(40)18-41-13-11-20(12-14-41)26-3-2-4-32(37-26)43-19-23-5-8-24(34)17-25(23)35/h2-11,15-17H,12-14,18-19H2,1H3,(H2,38,39,42). The molecule has 10 heteroatoms. The summed E-state index contributed by atoms with van der Waals surface area (Å²) in [5, 5.41) is 0.354. The zero-order chi connectivity index (χ0) is 29.5. The lowest BCUT2D eigenvalue weighted by Crippen LogP contribution is -2.29. The van der Waals surface area contributed by atoms with Gasteiger partial charge in [0.2, 0.25) is 5.88 Å². The van der Waals surface area contributed by atoms with Crippen LogP contribution in [0.2, 0.25) is 5.02 Å². The summed E-state index contributed by atoms with van der Waals surface area (Å²) in [6.07, 6.45) is 3.05. The zero-order valence-corrected chi connectivity index (χ0v) is 24.2. The Kier molecular flexibility index (Phi) is 7.04. The molecule has 3 aromatic carbocycles. The SMILES string of the molecule is Cn1c(CN2CC=C(c3cccc(OCc4ccc(Cl)cc4F)n3)CC2)nc2ccc(-c3ccc4[nH]c(=O)[nH]c4c3)cc21. The minimum absolute atomic E-state index is 0.0782. The van der Waals surface area contributed by atoms with E-state index >= 15 is 0 Å². The van der Waals surface area contributed by atoms with E-state index in [-0.39, 0.29) is 12.3 Å². The molecule has 0 saturated heterocycles. The van der Waals surface area contributed by atoms with E-state index in [0.717, 1.165) is 76.3 Å². The third-order valence-corrected chi connectivity index (χ3v) is 8.16. The quantitative estimate of drug-likeness (QED) is 0.221. The summed E-state index contributed by atoms with van der Waals surface area (Å²) < 4.78 is 22.1. The van der Waals surface area contributed by atoms with Crippen molar-refractivity contribution in [2.45, 2.75) is 19.6 Å². The number of aryl methyl sites for hydroxylation is 1. The van der Waals surface area contributed by atoms with Crippen LogP contribution in [-0.2, 0) is 20.2 Å². The van der Waals surface area contributed by atoms with Gasteiger partial charge in [-0.2, -0.15) is 0 Å². The molecule has 7 rings (SSSR count). The average molecular weight is 595 g/mol. The van der Waals surface area contributed by atoms with Crippen molar-refractivity contribution in [1.82, 2.24) is 29.4 Å². The predicted octanol–water partition coefficient (Wildman–Crippen LogP) is 6.47. The summed E-state index contributed by atoms with van der Waals surface area (Å²) in [6.45, 7) is 2.46. The highest BCUT2D eigenvalue weighted by molar-refractivity contribution is 6.30. The second-order valence-electron chi connectivity index (χ2n) is 10.7. The van der Waals surface area contributed by atoms with Gasteiger partial charge in [-0.1, -0.05) is 41.9 Å². The van der Waals surface area contributed by atoms with Crippen molar-refractivity contribution >= 4 is 39.2 Å². The lowest BCUT2D eigenvalue weighted by molar-refractivity contribution is 0.282. The summed E-state index contributed by atoms with van der Waals surface area (Å²) >= 11 is 5.85. The molecule has 1 aliphatic rings. The molecule has 2 N–H and O–H groups in total.